The number of carboxylic acid groups (broad SMARTS) is 1. The summed E-state index contributed by atoms with van der Waals surface area (Å²) in [6.07, 6.45) is 6.14. The molecule has 6 rings (SSSR count). The monoisotopic (exact) mass is 755 g/mol. The number of hydrogen-bond acceptors (Lipinski definition) is 10. The molecule has 3 heterocycles. The number of methoxy groups -OCH3 is 1. The lowest BCUT2D eigenvalue weighted by Crippen LogP contribution is -2.59. The van der Waals surface area contributed by atoms with Crippen LogP contribution >= 0.6 is 0 Å². The van der Waals surface area contributed by atoms with Gasteiger partial charge >= 0.3 is 6.09 Å². The van der Waals surface area contributed by atoms with Crippen LogP contribution in [0.4, 0.5) is 4.79 Å². The van der Waals surface area contributed by atoms with Gasteiger partial charge in [0.15, 0.2) is 0 Å². The third-order valence-corrected chi connectivity index (χ3v) is 13.2. The summed E-state index contributed by atoms with van der Waals surface area (Å²) in [5.41, 5.74) is -1.55. The lowest BCUT2D eigenvalue weighted by atomic mass is 9.88. The standard InChI is InChI=1S/C37H49N5O10S/c1-22-9-5-6-10-24-19-37(24,34(45)41-53(48,49)36(3)13-14-36)40-31(43)28-18-25(21-42(28)33(44)30(23(2)17-22)39-35(46)47)52-32-27-12-8-7-11-26(27)29(20-38-32)51-16-15-50-4/h6-8,10-12,20,22-25,28,30,39H,5,9,13-19,21H2,1-4H3,(H,40,43)(H,41,45)(H,46,47)/t22-,23-,24-,25-,28+,30+,37-/m1/s1. The lowest BCUT2D eigenvalue weighted by Gasteiger charge is -2.32. The Kier molecular flexibility index (Phi) is 10.9. The topological polar surface area (TPSA) is 203 Å². The fraction of sp³-hybridized carbons (Fsp3) is 0.595. The summed E-state index contributed by atoms with van der Waals surface area (Å²) in [5, 5.41) is 16.4. The molecular weight excluding hydrogens is 706 g/mol. The largest absolute Gasteiger partial charge is 0.489 e. The maximum Gasteiger partial charge on any atom is 0.405 e. The predicted molar refractivity (Wildman–Crippen MR) is 194 cm³/mol. The molecule has 16 heteroatoms. The summed E-state index contributed by atoms with van der Waals surface area (Å²) in [6, 6.07) is 5.02. The number of allylic oxidation sites excluding steroid dienone is 1. The van der Waals surface area contributed by atoms with Crippen LogP contribution in [0.1, 0.15) is 65.7 Å². The van der Waals surface area contributed by atoms with Crippen LogP contribution in [0.5, 0.6) is 11.6 Å². The molecule has 7 atom stereocenters. The Bertz CT molecular complexity index is 1880. The van der Waals surface area contributed by atoms with Gasteiger partial charge in [-0.25, -0.2) is 18.2 Å². The van der Waals surface area contributed by atoms with Crippen molar-refractivity contribution in [3.63, 3.8) is 0 Å². The molecule has 53 heavy (non-hydrogen) atoms. The van der Waals surface area contributed by atoms with Crippen LogP contribution in [-0.2, 0) is 29.1 Å². The number of nitrogens with zero attached hydrogens (tertiary/aromatic N) is 2. The zero-order valence-electron chi connectivity index (χ0n) is 30.5. The summed E-state index contributed by atoms with van der Waals surface area (Å²) in [4.78, 5) is 60.4. The average Bonchev–Trinajstić information content (AvgIpc) is 3.99. The molecule has 2 aromatic rings. The second-order valence-corrected chi connectivity index (χ2v) is 17.4. The first-order valence-corrected chi connectivity index (χ1v) is 19.7. The molecule has 0 spiro atoms. The van der Waals surface area contributed by atoms with Crippen molar-refractivity contribution in [2.75, 3.05) is 26.9 Å². The molecule has 4 aliphatic rings. The van der Waals surface area contributed by atoms with Gasteiger partial charge in [-0.1, -0.05) is 44.2 Å². The minimum absolute atomic E-state index is 0.00117. The van der Waals surface area contributed by atoms with Gasteiger partial charge in [0.2, 0.25) is 27.7 Å². The molecule has 0 radical (unpaired) electrons. The first-order valence-electron chi connectivity index (χ1n) is 18.2. The normalized spacial score (nSPS) is 29.8. The fourth-order valence-corrected chi connectivity index (χ4v) is 8.78. The minimum Gasteiger partial charge on any atom is -0.489 e. The van der Waals surface area contributed by atoms with E-state index in [1.165, 1.54) is 11.1 Å². The quantitative estimate of drug-likeness (QED) is 0.205. The maximum absolute atomic E-state index is 14.4. The van der Waals surface area contributed by atoms with E-state index in [1.54, 1.807) is 14.0 Å². The smallest absolute Gasteiger partial charge is 0.405 e. The van der Waals surface area contributed by atoms with E-state index < -0.39 is 74.1 Å². The van der Waals surface area contributed by atoms with E-state index in [4.69, 9.17) is 14.2 Å². The zero-order valence-corrected chi connectivity index (χ0v) is 31.3. The number of ether oxygens (including phenoxy) is 3. The van der Waals surface area contributed by atoms with Gasteiger partial charge in [0.05, 0.1) is 24.1 Å². The van der Waals surface area contributed by atoms with Crippen molar-refractivity contribution in [1.29, 1.82) is 0 Å². The summed E-state index contributed by atoms with van der Waals surface area (Å²) in [6.45, 7) is 6.03. The highest BCUT2D eigenvalue weighted by Gasteiger charge is 2.63. The number of aromatic nitrogens is 1. The number of carbonyl (C=O) groups is 4. The van der Waals surface area contributed by atoms with Gasteiger partial charge in [0.1, 0.15) is 36.1 Å². The van der Waals surface area contributed by atoms with Crippen LogP contribution < -0.4 is 24.8 Å². The summed E-state index contributed by atoms with van der Waals surface area (Å²) >= 11 is 0. The molecule has 0 bridgehead atoms. The van der Waals surface area contributed by atoms with E-state index in [0.717, 1.165) is 11.8 Å². The highest BCUT2D eigenvalue weighted by molar-refractivity contribution is 7.91. The third kappa shape index (κ3) is 8.08. The van der Waals surface area contributed by atoms with Crippen molar-refractivity contribution in [2.45, 2.75) is 94.2 Å². The van der Waals surface area contributed by atoms with Crippen LogP contribution in [0.15, 0.2) is 42.6 Å². The van der Waals surface area contributed by atoms with Crippen molar-refractivity contribution in [3.05, 3.63) is 42.6 Å². The van der Waals surface area contributed by atoms with E-state index in [9.17, 15) is 32.7 Å². The molecule has 3 fully saturated rings. The van der Waals surface area contributed by atoms with Crippen LogP contribution in [0.25, 0.3) is 10.8 Å². The van der Waals surface area contributed by atoms with Gasteiger partial charge in [0, 0.05) is 30.2 Å². The minimum atomic E-state index is -4.01. The molecule has 15 nitrogen and oxygen atoms in total. The molecule has 4 N–H and O–H groups in total. The van der Waals surface area contributed by atoms with Crippen LogP contribution in [0, 0.1) is 17.8 Å². The third-order valence-electron chi connectivity index (χ3n) is 11.1. The van der Waals surface area contributed by atoms with Gasteiger partial charge in [-0.3, -0.25) is 19.1 Å². The number of nitrogens with one attached hydrogen (secondary N) is 3. The second kappa shape index (κ2) is 15.1. The molecule has 1 aromatic heterocycles. The zero-order chi connectivity index (χ0) is 38.1. The van der Waals surface area contributed by atoms with Gasteiger partial charge in [-0.05, 0) is 63.4 Å². The highest BCUT2D eigenvalue weighted by Crippen LogP contribution is 2.47. The van der Waals surface area contributed by atoms with Crippen molar-refractivity contribution in [3.8, 4) is 11.6 Å². The molecule has 4 amide bonds. The number of benzene rings is 1. The number of carbonyl (C=O) groups excluding carboxylic acids is 3. The number of amides is 4. The SMILES string of the molecule is COCCOc1cnc(O[C@@H]2C[C@H]3C(=O)N[C@]4(C(=O)NS(=O)(=O)C5(C)CC5)C[C@H]4C=CCC[C@@H](C)C[C@@H](C)[C@H](NC(=O)O)C(=O)N3C2)c2ccccc12. The van der Waals surface area contributed by atoms with E-state index in [1.807, 2.05) is 50.3 Å². The predicted octanol–water partition coefficient (Wildman–Crippen LogP) is 3.13. The Labute approximate surface area is 309 Å². The van der Waals surface area contributed by atoms with E-state index in [-0.39, 0.29) is 31.2 Å². The van der Waals surface area contributed by atoms with Crippen molar-refractivity contribution >= 4 is 44.6 Å². The summed E-state index contributed by atoms with van der Waals surface area (Å²) < 4.78 is 44.8. The number of fused-ring (bicyclic) bond motifs is 3. The average molecular weight is 756 g/mol. The van der Waals surface area contributed by atoms with E-state index in [2.05, 4.69) is 20.3 Å². The summed E-state index contributed by atoms with van der Waals surface area (Å²) in [7, 11) is -2.43. The van der Waals surface area contributed by atoms with Gasteiger partial charge in [-0.2, -0.15) is 0 Å². The Balaban J connectivity index is 1.32. The molecule has 2 aliphatic carbocycles. The molecule has 0 unspecified atom stereocenters. The van der Waals surface area contributed by atoms with Crippen molar-refractivity contribution in [1.82, 2.24) is 25.2 Å². The Morgan fingerprint density at radius 2 is 1.85 bits per heavy atom. The van der Waals surface area contributed by atoms with Gasteiger partial charge < -0.3 is 34.9 Å². The summed E-state index contributed by atoms with van der Waals surface area (Å²) in [5.74, 6) is -2.07. The first kappa shape index (κ1) is 38.3. The molecule has 1 saturated heterocycles. The molecule has 2 aliphatic heterocycles. The fourth-order valence-electron chi connectivity index (χ4n) is 7.47. The lowest BCUT2D eigenvalue weighted by molar-refractivity contribution is -0.142. The van der Waals surface area contributed by atoms with Crippen LogP contribution in [-0.4, -0.2) is 103 Å². The van der Waals surface area contributed by atoms with Crippen LogP contribution in [0.2, 0.25) is 0 Å². The number of hydrogen-bond donors (Lipinski definition) is 4. The van der Waals surface area contributed by atoms with Crippen LogP contribution in [0.3, 0.4) is 0 Å². The van der Waals surface area contributed by atoms with Crippen molar-refractivity contribution < 1.29 is 46.9 Å². The number of rotatable bonds is 10. The Hall–Kier alpha value is -4.44. The molecular formula is C37H49N5O10S. The molecule has 2 saturated carbocycles. The molecule has 1 aromatic carbocycles. The van der Waals surface area contributed by atoms with Gasteiger partial charge in [-0.15, -0.1) is 0 Å². The highest BCUT2D eigenvalue weighted by atomic mass is 32.2. The number of pyridine rings is 1. The van der Waals surface area contributed by atoms with E-state index in [0.29, 0.717) is 50.0 Å². The maximum atomic E-state index is 14.4. The van der Waals surface area contributed by atoms with E-state index >= 15 is 0 Å². The second-order valence-electron chi connectivity index (χ2n) is 15.2. The Morgan fingerprint density at radius 1 is 1.11 bits per heavy atom. The Morgan fingerprint density at radius 3 is 2.55 bits per heavy atom. The molecule has 288 valence electrons. The number of sulfonamides is 1. The first-order chi connectivity index (χ1) is 25.2. The van der Waals surface area contributed by atoms with Crippen molar-refractivity contribution in [2.24, 2.45) is 17.8 Å². The van der Waals surface area contributed by atoms with Gasteiger partial charge in [0.25, 0.3) is 5.91 Å².